The van der Waals surface area contributed by atoms with Gasteiger partial charge in [-0.1, -0.05) is 36.0 Å². The fraction of sp³-hybridized carbons (Fsp3) is 0.390. The molecule has 0 saturated heterocycles. The van der Waals surface area contributed by atoms with Gasteiger partial charge in [-0.3, -0.25) is 9.59 Å². The topological polar surface area (TPSA) is 187 Å². The summed E-state index contributed by atoms with van der Waals surface area (Å²) in [4.78, 5) is 43.6. The summed E-state index contributed by atoms with van der Waals surface area (Å²) in [5.41, 5.74) is 10.9. The van der Waals surface area contributed by atoms with Gasteiger partial charge < -0.3 is 50.4 Å². The number of hydrogen-bond donors (Lipinski definition) is 4. The average Bonchev–Trinajstić information content (AvgIpc) is 3.75. The number of anilines is 1. The molecule has 4 aromatic rings. The number of aromatic nitrogens is 2. The number of carbonyl (C=O) groups excluding carboxylic acids is 3. The van der Waals surface area contributed by atoms with Gasteiger partial charge in [0.1, 0.15) is 18.2 Å². The molecule has 1 amide bonds. The van der Waals surface area contributed by atoms with Gasteiger partial charge in [-0.2, -0.15) is 4.57 Å². The van der Waals surface area contributed by atoms with Gasteiger partial charge >= 0.3 is 0 Å². The molecule has 2 aromatic carbocycles. The minimum atomic E-state index is -0.500. The van der Waals surface area contributed by atoms with Crippen LogP contribution in [0.5, 0.6) is 0 Å². The van der Waals surface area contributed by atoms with Crippen molar-refractivity contribution in [3.8, 4) is 0 Å². The number of nitrogens with zero attached hydrogens (tertiary/aromatic N) is 3. The number of amides is 1. The first-order valence-corrected chi connectivity index (χ1v) is 19.7. The van der Waals surface area contributed by atoms with Gasteiger partial charge in [-0.15, -0.1) is 0 Å². The van der Waals surface area contributed by atoms with Gasteiger partial charge in [0.2, 0.25) is 11.4 Å². The molecule has 15 heteroatoms. The number of unbranched alkanes of at least 4 members (excludes halogenated alkanes) is 2. The fourth-order valence-electron chi connectivity index (χ4n) is 6.44. The molecule has 0 aliphatic carbocycles. The molecular formula is C41H51N7O7S. The van der Waals surface area contributed by atoms with E-state index in [2.05, 4.69) is 104 Å². The molecule has 2 aliphatic rings. The Hall–Kier alpha value is -5.06. The number of hydrogen-bond acceptors (Lipinski definition) is 12. The van der Waals surface area contributed by atoms with E-state index in [1.165, 1.54) is 32.1 Å². The van der Waals surface area contributed by atoms with Crippen LogP contribution in [0.1, 0.15) is 53.6 Å². The Morgan fingerprint density at radius 2 is 1.71 bits per heavy atom. The number of aliphatic imine (C=N–C) groups is 1. The fourth-order valence-corrected chi connectivity index (χ4v) is 7.54. The van der Waals surface area contributed by atoms with Crippen LogP contribution in [0.25, 0.3) is 17.0 Å². The number of carbonyl (C=O) groups is 3. The van der Waals surface area contributed by atoms with Crippen LogP contribution in [0, 0.1) is 0 Å². The van der Waals surface area contributed by atoms with Gasteiger partial charge in [0.05, 0.1) is 67.7 Å². The van der Waals surface area contributed by atoms with Gasteiger partial charge in [0.25, 0.3) is 0 Å². The van der Waals surface area contributed by atoms with Crippen molar-refractivity contribution in [1.82, 2.24) is 15.6 Å². The Labute approximate surface area is 331 Å². The van der Waals surface area contributed by atoms with Crippen molar-refractivity contribution < 1.29 is 38.3 Å². The van der Waals surface area contributed by atoms with Crippen LogP contribution in [0.3, 0.4) is 0 Å². The molecule has 0 fully saturated rings. The van der Waals surface area contributed by atoms with E-state index in [0.29, 0.717) is 82.9 Å². The number of rotatable bonds is 21. The van der Waals surface area contributed by atoms with Crippen LogP contribution in [0.4, 0.5) is 11.5 Å². The molecule has 0 radical (unpaired) electrons. The Balaban J connectivity index is 0.00000194. The quantitative estimate of drug-likeness (QED) is 0.0551. The highest BCUT2D eigenvalue weighted by atomic mass is 32.2. The maximum atomic E-state index is 12.3. The van der Waals surface area contributed by atoms with Crippen molar-refractivity contribution in [1.29, 1.82) is 0 Å². The summed E-state index contributed by atoms with van der Waals surface area (Å²) >= 11 is 1.81. The third-order valence-corrected chi connectivity index (χ3v) is 10.3. The third-order valence-electron chi connectivity index (χ3n) is 9.18. The second kappa shape index (κ2) is 22.5. The number of benzene rings is 2. The van der Waals surface area contributed by atoms with Crippen molar-refractivity contribution >= 4 is 64.2 Å². The van der Waals surface area contributed by atoms with E-state index in [0.717, 1.165) is 31.4 Å². The monoisotopic (exact) mass is 785 g/mol. The maximum Gasteiger partial charge on any atom is 0.220 e. The van der Waals surface area contributed by atoms with Gasteiger partial charge in [-0.25, -0.2) is 4.99 Å². The van der Waals surface area contributed by atoms with E-state index < -0.39 is 6.47 Å². The molecule has 298 valence electrons. The molecule has 5 N–H and O–H groups in total. The Bertz CT molecular complexity index is 1980. The minimum absolute atomic E-state index is 0.00963. The first-order chi connectivity index (χ1) is 27.4. The van der Waals surface area contributed by atoms with Crippen LogP contribution in [0.2, 0.25) is 0 Å². The number of Topliss-reactive ketones (excluding diaryl/α,β-unsaturated/α-hetero) is 1. The van der Waals surface area contributed by atoms with Crippen molar-refractivity contribution in [2.24, 2.45) is 10.7 Å². The number of aryl methyl sites for hydroxylation is 1. The minimum Gasteiger partial charge on any atom is -0.554 e. The highest BCUT2D eigenvalue weighted by Gasteiger charge is 2.24. The number of aromatic amines is 1. The standard InChI is InChI=1S/C40H49N7O5S.CH2O2/c1-46-33-11-6-7-12-35(33)53-38(46)25-29-14-18-47(32-10-5-4-9-31(29)32)17-8-2-3-13-37(49)43-16-20-51-22-24-52-23-21-50-19-15-42-27-30-28-44-40-39(30)34(48)26-36(41)45-40;2-1-3/h4-7,9-12,14,18,25,28,42H,2-3,8,13,15-17,19-24,26-27H2,1H3,(H3-,41,43,44,45,48,49);1H,(H,2,3). The predicted octanol–water partition coefficient (Wildman–Crippen LogP) is 3.45. The molecule has 0 bridgehead atoms. The SMILES string of the molecule is CN1/C(=C/c2cc[n+](CCCCCC(=O)NCCOCCOCCOCCNCc3c[nH]c4c3C(=O)CC(N)=N4)c3ccccc23)Sc2ccccc21.O=C[O-]. The van der Waals surface area contributed by atoms with E-state index in [1.54, 1.807) is 6.20 Å². The summed E-state index contributed by atoms with van der Waals surface area (Å²) in [6, 6.07) is 19.3. The Morgan fingerprint density at radius 3 is 2.50 bits per heavy atom. The molecule has 0 atom stereocenters. The van der Waals surface area contributed by atoms with Crippen molar-refractivity contribution in [3.63, 3.8) is 0 Å². The third kappa shape index (κ3) is 12.2. The van der Waals surface area contributed by atoms with Gasteiger partial charge in [0.15, 0.2) is 12.0 Å². The molecule has 4 heterocycles. The van der Waals surface area contributed by atoms with Crippen molar-refractivity contribution in [2.45, 2.75) is 50.1 Å². The van der Waals surface area contributed by atoms with E-state index in [-0.39, 0.29) is 18.1 Å². The molecular weight excluding hydrogens is 735 g/mol. The number of ether oxygens (including phenoxy) is 3. The van der Waals surface area contributed by atoms with E-state index in [1.807, 2.05) is 11.8 Å². The Kier molecular flexibility index (Phi) is 16.9. The largest absolute Gasteiger partial charge is 0.554 e. The van der Waals surface area contributed by atoms with E-state index in [9.17, 15) is 9.59 Å². The number of H-pyrrole nitrogens is 1. The summed E-state index contributed by atoms with van der Waals surface area (Å²) in [5.74, 6) is 0.922. The number of thioether (sulfide) groups is 1. The second-order valence-corrected chi connectivity index (χ2v) is 14.2. The number of para-hydroxylation sites is 2. The van der Waals surface area contributed by atoms with Crippen LogP contribution in [0.15, 0.2) is 81.9 Å². The van der Waals surface area contributed by atoms with E-state index in [4.69, 9.17) is 29.8 Å². The zero-order valence-corrected chi connectivity index (χ0v) is 32.6. The van der Waals surface area contributed by atoms with Crippen LogP contribution in [-0.4, -0.2) is 88.8 Å². The van der Waals surface area contributed by atoms with Crippen LogP contribution < -0.4 is 30.9 Å². The van der Waals surface area contributed by atoms with Crippen LogP contribution in [-0.2, 0) is 36.9 Å². The average molecular weight is 786 g/mol. The molecule has 56 heavy (non-hydrogen) atoms. The molecule has 2 aliphatic heterocycles. The molecule has 14 nitrogen and oxygen atoms in total. The zero-order chi connectivity index (χ0) is 39.5. The van der Waals surface area contributed by atoms with Gasteiger partial charge in [-0.05, 0) is 48.2 Å². The second-order valence-electron chi connectivity index (χ2n) is 13.1. The van der Waals surface area contributed by atoms with E-state index >= 15 is 0 Å². The smallest absolute Gasteiger partial charge is 0.220 e. The number of nitrogens with one attached hydrogen (secondary N) is 3. The molecule has 2 aromatic heterocycles. The highest BCUT2D eigenvalue weighted by Crippen LogP contribution is 2.45. The Morgan fingerprint density at radius 1 is 1.00 bits per heavy atom. The number of ketones is 1. The van der Waals surface area contributed by atoms with Gasteiger partial charge in [0, 0.05) is 69.2 Å². The summed E-state index contributed by atoms with van der Waals surface area (Å²) in [6.45, 7) is 4.95. The molecule has 6 rings (SSSR count). The molecule has 0 saturated carbocycles. The highest BCUT2D eigenvalue weighted by molar-refractivity contribution is 8.03. The zero-order valence-electron chi connectivity index (χ0n) is 31.8. The number of pyridine rings is 1. The lowest BCUT2D eigenvalue weighted by atomic mass is 10.0. The number of fused-ring (bicyclic) bond motifs is 3. The molecule has 0 spiro atoms. The summed E-state index contributed by atoms with van der Waals surface area (Å²) in [7, 11) is 2.13. The summed E-state index contributed by atoms with van der Waals surface area (Å²) in [5, 5.41) is 16.9. The molecule has 0 unspecified atom stereocenters. The van der Waals surface area contributed by atoms with Crippen molar-refractivity contribution in [2.75, 3.05) is 64.7 Å². The summed E-state index contributed by atoms with van der Waals surface area (Å²) in [6.07, 6.45) is 9.78. The maximum absolute atomic E-state index is 12.3. The van der Waals surface area contributed by atoms with Crippen LogP contribution >= 0.6 is 11.8 Å². The lowest BCUT2D eigenvalue weighted by Crippen LogP contribution is -2.34. The lowest BCUT2D eigenvalue weighted by molar-refractivity contribution is -0.671. The first kappa shape index (κ1) is 42.1. The van der Waals surface area contributed by atoms with Crippen molar-refractivity contribution in [3.05, 3.63) is 88.7 Å². The number of nitrogens with two attached hydrogens (primary N) is 1. The predicted molar refractivity (Wildman–Crippen MR) is 216 cm³/mol. The number of carboxylic acid groups (broad SMARTS) is 1. The number of amidine groups is 1. The first-order valence-electron chi connectivity index (χ1n) is 18.9. The normalized spacial score (nSPS) is 13.9. The summed E-state index contributed by atoms with van der Waals surface area (Å²) < 4.78 is 19.1. The lowest BCUT2D eigenvalue weighted by Gasteiger charge is -2.13.